The van der Waals surface area contributed by atoms with Crippen LogP contribution in [0.15, 0.2) is 48.6 Å². The van der Waals surface area contributed by atoms with Gasteiger partial charge in [-0.25, -0.2) is 4.79 Å². The van der Waals surface area contributed by atoms with Crippen LogP contribution in [0.4, 0.5) is 26.3 Å². The number of rotatable bonds is 12. The first-order valence-corrected chi connectivity index (χ1v) is 11.6. The summed E-state index contributed by atoms with van der Waals surface area (Å²) in [6, 6.07) is 7.93. The van der Waals surface area contributed by atoms with Crippen molar-refractivity contribution >= 4 is 17.6 Å². The van der Waals surface area contributed by atoms with Crippen LogP contribution in [0.2, 0.25) is 5.02 Å². The van der Waals surface area contributed by atoms with Gasteiger partial charge < -0.3 is 24.1 Å². The van der Waals surface area contributed by atoms with Gasteiger partial charge in [0.1, 0.15) is 23.9 Å². The van der Waals surface area contributed by atoms with Gasteiger partial charge in [-0.15, -0.1) is 0 Å². The molecule has 0 radical (unpaired) electrons. The van der Waals surface area contributed by atoms with Gasteiger partial charge in [-0.3, -0.25) is 0 Å². The Morgan fingerprint density at radius 2 is 1.62 bits per heavy atom. The van der Waals surface area contributed by atoms with Gasteiger partial charge in [-0.2, -0.15) is 26.3 Å². The maximum atomic E-state index is 12.5. The molecule has 0 heterocycles. The second-order valence-electron chi connectivity index (χ2n) is 7.73. The van der Waals surface area contributed by atoms with Crippen LogP contribution in [0.5, 0.6) is 17.2 Å². The van der Waals surface area contributed by atoms with E-state index in [1.807, 2.05) is 0 Å². The molecule has 6 nitrogen and oxygen atoms in total. The maximum Gasteiger partial charge on any atom is 0.422 e. The van der Waals surface area contributed by atoms with Gasteiger partial charge in [0, 0.05) is 24.7 Å². The summed E-state index contributed by atoms with van der Waals surface area (Å²) >= 11 is 6.20. The van der Waals surface area contributed by atoms with E-state index in [2.05, 4.69) is 21.3 Å². The molecule has 0 fully saturated rings. The molecule has 2 rings (SSSR count). The van der Waals surface area contributed by atoms with Gasteiger partial charge in [-0.1, -0.05) is 29.5 Å². The molecule has 0 spiro atoms. The molecule has 1 atom stereocenters. The number of benzene rings is 2. The molecule has 0 aliphatic heterocycles. The fourth-order valence-electron chi connectivity index (χ4n) is 2.93. The first-order valence-electron chi connectivity index (χ1n) is 11.2. The minimum Gasteiger partial charge on any atom is -0.488 e. The van der Waals surface area contributed by atoms with Crippen molar-refractivity contribution in [3.8, 4) is 29.1 Å². The van der Waals surface area contributed by atoms with Gasteiger partial charge in [0.25, 0.3) is 0 Å². The smallest absolute Gasteiger partial charge is 0.422 e. The zero-order valence-corrected chi connectivity index (χ0v) is 21.1. The fourth-order valence-corrected chi connectivity index (χ4v) is 3.19. The molecule has 1 unspecified atom stereocenters. The fraction of sp³-hybridized carbons (Fsp3) is 0.346. The number of alkyl halides is 6. The third kappa shape index (κ3) is 12.7. The van der Waals surface area contributed by atoms with Crippen LogP contribution in [0.1, 0.15) is 18.1 Å². The number of halogens is 7. The second kappa shape index (κ2) is 14.6. The largest absolute Gasteiger partial charge is 0.488 e. The Kier molecular flexibility index (Phi) is 11.8. The van der Waals surface area contributed by atoms with Crippen LogP contribution in [0.3, 0.4) is 0 Å². The lowest BCUT2D eigenvalue weighted by Gasteiger charge is -2.13. The summed E-state index contributed by atoms with van der Waals surface area (Å²) in [5.74, 6) is 3.66. The Labute approximate surface area is 225 Å². The van der Waals surface area contributed by atoms with Gasteiger partial charge >= 0.3 is 18.3 Å². The second-order valence-corrected chi connectivity index (χ2v) is 8.14. The molecule has 0 aliphatic carbocycles. The zero-order valence-electron chi connectivity index (χ0n) is 20.4. The van der Waals surface area contributed by atoms with E-state index >= 15 is 0 Å². The highest BCUT2D eigenvalue weighted by Gasteiger charge is 2.30. The number of carbonyl (C=O) groups is 1. The Hall–Kier alpha value is -3.56. The lowest BCUT2D eigenvalue weighted by atomic mass is 10.1. The minimum absolute atomic E-state index is 0.0269. The van der Waals surface area contributed by atoms with Gasteiger partial charge in [0.05, 0.1) is 5.02 Å². The molecule has 0 aromatic heterocycles. The lowest BCUT2D eigenvalue weighted by Crippen LogP contribution is -2.26. The standard InChI is InChI=1S/C26H23ClF6O6/c1-2-36-23(24(34)35)13-18-7-8-22(21(27)12-18)37-9-5-3-4-6-17-10-19(38-15-25(28,29)30)14-20(11-17)39-16-26(31,32)33/h3,5,7-8,10-12,14,23H,2,9,13,15-16H2,1H3,(H,34,35). The molecule has 0 saturated heterocycles. The molecule has 2 aromatic carbocycles. The Bertz CT molecular complexity index is 1160. The van der Waals surface area contributed by atoms with Crippen LogP contribution in [-0.4, -0.2) is 56.0 Å². The summed E-state index contributed by atoms with van der Waals surface area (Å²) in [7, 11) is 0. The van der Waals surface area contributed by atoms with Crippen molar-refractivity contribution < 1.29 is 55.2 Å². The van der Waals surface area contributed by atoms with E-state index in [1.165, 1.54) is 12.2 Å². The molecule has 13 heteroatoms. The van der Waals surface area contributed by atoms with E-state index < -0.39 is 37.6 Å². The SMILES string of the molecule is CCOC(Cc1ccc(OCC=CC#Cc2cc(OCC(F)(F)F)cc(OCC(F)(F)F)c2)c(Cl)c1)C(=O)O. The Morgan fingerprint density at radius 1 is 1.00 bits per heavy atom. The highest BCUT2D eigenvalue weighted by atomic mass is 35.5. The van der Waals surface area contributed by atoms with E-state index in [1.54, 1.807) is 25.1 Å². The quantitative estimate of drug-likeness (QED) is 0.237. The Balaban J connectivity index is 2.02. The number of ether oxygens (including phenoxy) is 4. The van der Waals surface area contributed by atoms with E-state index in [9.17, 15) is 36.2 Å². The number of carboxylic acid groups (broad SMARTS) is 1. The highest BCUT2D eigenvalue weighted by molar-refractivity contribution is 6.32. The first kappa shape index (κ1) is 31.7. The monoisotopic (exact) mass is 580 g/mol. The average Bonchev–Trinajstić information content (AvgIpc) is 2.83. The summed E-state index contributed by atoms with van der Waals surface area (Å²) in [6.45, 7) is -1.33. The first-order chi connectivity index (χ1) is 18.3. The number of hydrogen-bond acceptors (Lipinski definition) is 5. The normalized spacial score (nSPS) is 12.5. The van der Waals surface area contributed by atoms with E-state index in [4.69, 9.17) is 21.1 Å². The third-order valence-electron chi connectivity index (χ3n) is 4.50. The molecule has 2 aromatic rings. The molecular formula is C26H23ClF6O6. The van der Waals surface area contributed by atoms with Crippen LogP contribution in [0.25, 0.3) is 0 Å². The molecule has 0 bridgehead atoms. The third-order valence-corrected chi connectivity index (χ3v) is 4.79. The Morgan fingerprint density at radius 3 is 2.13 bits per heavy atom. The van der Waals surface area contributed by atoms with Crippen molar-refractivity contribution in [3.63, 3.8) is 0 Å². The van der Waals surface area contributed by atoms with Crippen molar-refractivity contribution in [3.05, 3.63) is 64.7 Å². The van der Waals surface area contributed by atoms with Crippen molar-refractivity contribution in [2.75, 3.05) is 26.4 Å². The number of carboxylic acids is 1. The molecule has 0 aliphatic rings. The topological polar surface area (TPSA) is 74.2 Å². The zero-order chi connectivity index (χ0) is 29.1. The lowest BCUT2D eigenvalue weighted by molar-refractivity contribution is -0.154. The molecule has 212 valence electrons. The maximum absolute atomic E-state index is 12.5. The molecule has 39 heavy (non-hydrogen) atoms. The van der Waals surface area contributed by atoms with E-state index in [-0.39, 0.29) is 41.7 Å². The van der Waals surface area contributed by atoms with Crippen molar-refractivity contribution in [2.45, 2.75) is 31.8 Å². The molecular weight excluding hydrogens is 558 g/mol. The van der Waals surface area contributed by atoms with Crippen LogP contribution >= 0.6 is 11.6 Å². The van der Waals surface area contributed by atoms with Crippen molar-refractivity contribution in [1.29, 1.82) is 0 Å². The summed E-state index contributed by atoms with van der Waals surface area (Å²) in [5, 5.41) is 9.43. The highest BCUT2D eigenvalue weighted by Crippen LogP contribution is 2.28. The summed E-state index contributed by atoms with van der Waals surface area (Å²) in [6.07, 6.45) is -7.33. The predicted octanol–water partition coefficient (Wildman–Crippen LogP) is 6.24. The predicted molar refractivity (Wildman–Crippen MR) is 129 cm³/mol. The minimum atomic E-state index is -4.65. The molecule has 1 N–H and O–H groups in total. The van der Waals surface area contributed by atoms with E-state index in [0.29, 0.717) is 11.3 Å². The van der Waals surface area contributed by atoms with Crippen molar-refractivity contribution in [2.24, 2.45) is 0 Å². The van der Waals surface area contributed by atoms with Crippen LogP contribution in [0, 0.1) is 11.8 Å². The van der Waals surface area contributed by atoms with Crippen molar-refractivity contribution in [1.82, 2.24) is 0 Å². The van der Waals surface area contributed by atoms with Gasteiger partial charge in [0.15, 0.2) is 19.3 Å². The number of aliphatic carboxylic acids is 1. The number of hydrogen-bond donors (Lipinski definition) is 1. The number of allylic oxidation sites excluding steroid dienone is 1. The summed E-state index contributed by atoms with van der Waals surface area (Å²) in [5.41, 5.74) is 0.692. The van der Waals surface area contributed by atoms with Gasteiger partial charge in [-0.05, 0) is 48.9 Å². The summed E-state index contributed by atoms with van der Waals surface area (Å²) in [4.78, 5) is 11.2. The van der Waals surface area contributed by atoms with E-state index in [0.717, 1.165) is 18.2 Å². The molecule has 0 saturated carbocycles. The molecule has 0 amide bonds. The van der Waals surface area contributed by atoms with Crippen LogP contribution < -0.4 is 14.2 Å². The summed E-state index contributed by atoms with van der Waals surface area (Å²) < 4.78 is 94.6. The van der Waals surface area contributed by atoms with Crippen LogP contribution in [-0.2, 0) is 16.0 Å². The average molecular weight is 581 g/mol. The van der Waals surface area contributed by atoms with Gasteiger partial charge in [0.2, 0.25) is 0 Å².